The molecule has 1 heterocycles. The lowest BCUT2D eigenvalue weighted by atomic mass is 10.00. The number of alkyl halides is 3. The number of pyridine rings is 1. The number of carbonyl (C=O) groups excluding carboxylic acids is 1. The number of Topliss-reactive ketones (excluding diaryl/α,β-unsaturated/α-hetero) is 1. The number of nitrogens with zero attached hydrogens (tertiary/aromatic N) is 1. The van der Waals surface area contributed by atoms with Gasteiger partial charge in [-0.25, -0.2) is 0 Å². The number of halogens is 3. The van der Waals surface area contributed by atoms with Gasteiger partial charge in [-0.3, -0.25) is 9.78 Å². The predicted molar refractivity (Wildman–Crippen MR) is 55.3 cm³/mol. The van der Waals surface area contributed by atoms with Crippen molar-refractivity contribution in [3.63, 3.8) is 0 Å². The van der Waals surface area contributed by atoms with E-state index in [1.54, 1.807) is 0 Å². The van der Waals surface area contributed by atoms with Crippen LogP contribution in [-0.2, 0) is 17.4 Å². The summed E-state index contributed by atoms with van der Waals surface area (Å²) >= 11 is 0. The first-order valence-electron chi connectivity index (χ1n) is 5.51. The monoisotopic (exact) mass is 243 g/mol. The number of hydrogen-bond donors (Lipinski definition) is 0. The minimum Gasteiger partial charge on any atom is -0.299 e. The molecule has 0 bridgehead atoms. The molecule has 0 aromatic carbocycles. The van der Waals surface area contributed by atoms with Crippen molar-refractivity contribution in [1.29, 1.82) is 0 Å². The minimum atomic E-state index is -4.35. The molecule has 0 amide bonds. The second kappa shape index (κ2) is 4.47. The van der Waals surface area contributed by atoms with Crippen molar-refractivity contribution >= 4 is 5.78 Å². The zero-order valence-corrected chi connectivity index (χ0v) is 9.13. The Morgan fingerprint density at radius 2 is 2.18 bits per heavy atom. The third-order valence-corrected chi connectivity index (χ3v) is 3.03. The van der Waals surface area contributed by atoms with Crippen LogP contribution in [0.5, 0.6) is 0 Å². The number of rotatable bonds is 2. The maximum atomic E-state index is 12.5. The summed E-state index contributed by atoms with van der Waals surface area (Å²) in [6.07, 6.45) is -0.736. The minimum absolute atomic E-state index is 0.143. The Morgan fingerprint density at radius 1 is 1.41 bits per heavy atom. The van der Waals surface area contributed by atoms with Crippen molar-refractivity contribution in [2.24, 2.45) is 5.92 Å². The molecule has 1 saturated carbocycles. The van der Waals surface area contributed by atoms with Crippen molar-refractivity contribution in [2.45, 2.75) is 31.9 Å². The molecule has 1 aliphatic rings. The molecule has 5 heteroatoms. The van der Waals surface area contributed by atoms with Crippen LogP contribution in [0.1, 0.15) is 30.5 Å². The molecule has 1 fully saturated rings. The van der Waals surface area contributed by atoms with Crippen LogP contribution in [0.15, 0.2) is 18.3 Å². The normalized spacial score (nSPS) is 20.9. The Bertz CT molecular complexity index is 428. The highest BCUT2D eigenvalue weighted by atomic mass is 19.4. The van der Waals surface area contributed by atoms with Crippen LogP contribution < -0.4 is 0 Å². The van der Waals surface area contributed by atoms with Crippen molar-refractivity contribution in [3.05, 3.63) is 29.6 Å². The number of ketones is 1. The van der Waals surface area contributed by atoms with Crippen LogP contribution in [0.25, 0.3) is 0 Å². The van der Waals surface area contributed by atoms with Gasteiger partial charge in [0.1, 0.15) is 5.78 Å². The summed E-state index contributed by atoms with van der Waals surface area (Å²) in [5, 5.41) is 0. The molecule has 0 radical (unpaired) electrons. The maximum Gasteiger partial charge on any atom is 0.416 e. The molecule has 2 nitrogen and oxygen atoms in total. The molecule has 0 N–H and O–H groups in total. The van der Waals surface area contributed by atoms with Crippen molar-refractivity contribution in [3.8, 4) is 0 Å². The molecule has 0 aliphatic heterocycles. The molecule has 2 rings (SSSR count). The largest absolute Gasteiger partial charge is 0.416 e. The average Bonchev–Trinajstić information content (AvgIpc) is 2.64. The standard InChI is InChI=1S/C12H12F3NO/c13-12(14,15)9-4-5-16-10(7-9)6-8-2-1-3-11(8)17/h4-5,7-8H,1-3,6H2/t8-/m1/s1. The van der Waals surface area contributed by atoms with E-state index in [0.29, 0.717) is 18.5 Å². The molecule has 1 aromatic heterocycles. The van der Waals surface area contributed by atoms with Crippen LogP contribution in [-0.4, -0.2) is 10.8 Å². The first-order chi connectivity index (χ1) is 7.97. The second-order valence-electron chi connectivity index (χ2n) is 4.29. The van der Waals surface area contributed by atoms with Crippen LogP contribution in [0.3, 0.4) is 0 Å². The van der Waals surface area contributed by atoms with E-state index in [0.717, 1.165) is 31.2 Å². The third-order valence-electron chi connectivity index (χ3n) is 3.03. The van der Waals surface area contributed by atoms with Crippen molar-refractivity contribution in [2.75, 3.05) is 0 Å². The topological polar surface area (TPSA) is 30.0 Å². The molecule has 0 unspecified atom stereocenters. The summed E-state index contributed by atoms with van der Waals surface area (Å²) in [4.78, 5) is 15.3. The Hall–Kier alpha value is -1.39. The van der Waals surface area contributed by atoms with Gasteiger partial charge in [-0.2, -0.15) is 13.2 Å². The zero-order chi connectivity index (χ0) is 12.5. The lowest BCUT2D eigenvalue weighted by Crippen LogP contribution is -2.12. The molecule has 0 spiro atoms. The van der Waals surface area contributed by atoms with Crippen LogP contribution in [0, 0.1) is 5.92 Å². The average molecular weight is 243 g/mol. The summed E-state index contributed by atoms with van der Waals surface area (Å²) < 4.78 is 37.4. The van der Waals surface area contributed by atoms with Gasteiger partial charge in [0.05, 0.1) is 5.56 Å². The van der Waals surface area contributed by atoms with Crippen molar-refractivity contribution < 1.29 is 18.0 Å². The molecule has 1 aliphatic carbocycles. The van der Waals surface area contributed by atoms with Gasteiger partial charge in [-0.1, -0.05) is 0 Å². The first-order valence-corrected chi connectivity index (χ1v) is 5.51. The van der Waals surface area contributed by atoms with Gasteiger partial charge >= 0.3 is 6.18 Å². The SMILES string of the molecule is O=C1CCC[C@@H]1Cc1cc(C(F)(F)F)ccn1. The smallest absolute Gasteiger partial charge is 0.299 e. The highest BCUT2D eigenvalue weighted by Crippen LogP contribution is 2.30. The van der Waals surface area contributed by atoms with Gasteiger partial charge in [0.15, 0.2) is 0 Å². The molecular weight excluding hydrogens is 231 g/mol. The fourth-order valence-corrected chi connectivity index (χ4v) is 2.12. The molecule has 1 atom stereocenters. The zero-order valence-electron chi connectivity index (χ0n) is 9.13. The molecule has 17 heavy (non-hydrogen) atoms. The summed E-state index contributed by atoms with van der Waals surface area (Å²) in [7, 11) is 0. The van der Waals surface area contributed by atoms with E-state index in [9.17, 15) is 18.0 Å². The van der Waals surface area contributed by atoms with E-state index >= 15 is 0 Å². The van der Waals surface area contributed by atoms with Gasteiger partial charge in [0, 0.05) is 24.2 Å². The number of hydrogen-bond acceptors (Lipinski definition) is 2. The molecular formula is C12H12F3NO. The van der Waals surface area contributed by atoms with Gasteiger partial charge < -0.3 is 0 Å². The quantitative estimate of drug-likeness (QED) is 0.799. The van der Waals surface area contributed by atoms with Gasteiger partial charge in [0.25, 0.3) is 0 Å². The lowest BCUT2D eigenvalue weighted by Gasteiger charge is -2.10. The molecule has 92 valence electrons. The highest BCUT2D eigenvalue weighted by Gasteiger charge is 2.31. The number of carbonyl (C=O) groups is 1. The Kier molecular flexibility index (Phi) is 3.17. The van der Waals surface area contributed by atoms with E-state index in [4.69, 9.17) is 0 Å². The molecule has 1 aromatic rings. The summed E-state index contributed by atoms with van der Waals surface area (Å²) in [6, 6.07) is 1.98. The van der Waals surface area contributed by atoms with Gasteiger partial charge in [0.2, 0.25) is 0 Å². The van der Waals surface area contributed by atoms with Crippen molar-refractivity contribution in [1.82, 2.24) is 4.98 Å². The summed E-state index contributed by atoms with van der Waals surface area (Å²) in [5.41, 5.74) is -0.354. The Morgan fingerprint density at radius 3 is 2.76 bits per heavy atom. The Balaban J connectivity index is 2.14. The van der Waals surface area contributed by atoms with Gasteiger partial charge in [-0.15, -0.1) is 0 Å². The van der Waals surface area contributed by atoms with E-state index in [1.165, 1.54) is 0 Å². The van der Waals surface area contributed by atoms with Crippen LogP contribution in [0.4, 0.5) is 13.2 Å². The summed E-state index contributed by atoms with van der Waals surface area (Å²) in [5.74, 6) is -0.00445. The van der Waals surface area contributed by atoms with E-state index in [-0.39, 0.29) is 11.7 Å². The highest BCUT2D eigenvalue weighted by molar-refractivity contribution is 5.83. The predicted octanol–water partition coefficient (Wildman–Crippen LogP) is 3.01. The number of aromatic nitrogens is 1. The van der Waals surface area contributed by atoms with Gasteiger partial charge in [-0.05, 0) is 31.4 Å². The van der Waals surface area contributed by atoms with E-state index in [2.05, 4.69) is 4.98 Å². The van der Waals surface area contributed by atoms with E-state index in [1.807, 2.05) is 0 Å². The third kappa shape index (κ3) is 2.84. The fourth-order valence-electron chi connectivity index (χ4n) is 2.12. The maximum absolute atomic E-state index is 12.5. The summed E-state index contributed by atoms with van der Waals surface area (Å²) in [6.45, 7) is 0. The first kappa shape index (κ1) is 12.1. The Labute approximate surface area is 96.9 Å². The van der Waals surface area contributed by atoms with E-state index < -0.39 is 11.7 Å². The second-order valence-corrected chi connectivity index (χ2v) is 4.29. The lowest BCUT2D eigenvalue weighted by molar-refractivity contribution is -0.137. The van der Waals surface area contributed by atoms with Crippen LogP contribution >= 0.6 is 0 Å². The molecule has 0 saturated heterocycles. The fraction of sp³-hybridized carbons (Fsp3) is 0.500. The van der Waals surface area contributed by atoms with Crippen LogP contribution in [0.2, 0.25) is 0 Å².